The van der Waals surface area contributed by atoms with E-state index in [0.717, 1.165) is 25.7 Å². The first-order valence-electron chi connectivity index (χ1n) is 18.9. The molecule has 0 aliphatic carbocycles. The number of cyclic esters (lactones) is 1. The molecule has 0 amide bonds. The number of methoxy groups -OCH3 is 1. The Hall–Kier alpha value is -2.43. The first-order chi connectivity index (χ1) is 24.8. The molecule has 4 aliphatic rings. The van der Waals surface area contributed by atoms with E-state index in [1.165, 1.54) is 13.2 Å². The molecule has 14 heteroatoms. The Morgan fingerprint density at radius 1 is 0.981 bits per heavy atom. The highest BCUT2D eigenvalue weighted by atomic mass is 16.7. The van der Waals surface area contributed by atoms with E-state index in [1.807, 2.05) is 0 Å². The number of rotatable bonds is 9. The number of hydrogen-bond acceptors (Lipinski definition) is 14. The molecular formula is C38H60O14. The minimum atomic E-state index is -2.27. The number of aliphatic hydroxyl groups is 4. The zero-order valence-corrected chi connectivity index (χ0v) is 31.1. The lowest BCUT2D eigenvalue weighted by Gasteiger charge is -2.51. The molecule has 6 bridgehead atoms. The average Bonchev–Trinajstić information content (AvgIpc) is 3.09. The summed E-state index contributed by atoms with van der Waals surface area (Å²) >= 11 is 0. The lowest BCUT2D eigenvalue weighted by Crippen LogP contribution is -2.62. The Morgan fingerprint density at radius 2 is 1.73 bits per heavy atom. The number of unbranched alkanes of at least 4 members (excludes halogenated alkanes) is 4. The quantitative estimate of drug-likeness (QED) is 0.0884. The van der Waals surface area contributed by atoms with Gasteiger partial charge in [0, 0.05) is 30.8 Å². The normalized spacial score (nSPS) is 37.3. The Balaban J connectivity index is 1.68. The molecule has 52 heavy (non-hydrogen) atoms. The number of aliphatic hydroxyl groups excluding tert-OH is 3. The Labute approximate surface area is 306 Å². The van der Waals surface area contributed by atoms with E-state index in [0.29, 0.717) is 38.7 Å². The Morgan fingerprint density at radius 3 is 2.46 bits per heavy atom. The summed E-state index contributed by atoms with van der Waals surface area (Å²) in [6, 6.07) is 0. The van der Waals surface area contributed by atoms with E-state index in [2.05, 4.69) is 6.92 Å². The van der Waals surface area contributed by atoms with Gasteiger partial charge in [-0.15, -0.1) is 0 Å². The number of fused-ring (bicyclic) bond motifs is 6. The molecule has 3 saturated heterocycles. The van der Waals surface area contributed by atoms with Crippen molar-refractivity contribution in [3.05, 3.63) is 23.8 Å². The maximum atomic E-state index is 13.3. The minimum absolute atomic E-state index is 0.00490. The number of ether oxygens (including phenoxy) is 7. The fourth-order valence-corrected chi connectivity index (χ4v) is 7.35. The summed E-state index contributed by atoms with van der Waals surface area (Å²) < 4.78 is 41.2. The summed E-state index contributed by atoms with van der Waals surface area (Å²) in [6.45, 7) is 5.28. The molecule has 0 aromatic carbocycles. The van der Waals surface area contributed by atoms with Gasteiger partial charge in [0.05, 0.1) is 63.4 Å². The van der Waals surface area contributed by atoms with Crippen LogP contribution in [0, 0.1) is 5.41 Å². The van der Waals surface area contributed by atoms with Gasteiger partial charge >= 0.3 is 17.9 Å². The number of esters is 3. The van der Waals surface area contributed by atoms with Crippen LogP contribution in [0.2, 0.25) is 0 Å². The first kappa shape index (κ1) is 42.3. The molecule has 4 heterocycles. The molecule has 296 valence electrons. The maximum absolute atomic E-state index is 13.3. The minimum Gasteiger partial charge on any atom is -0.466 e. The van der Waals surface area contributed by atoms with Crippen LogP contribution in [0.1, 0.15) is 111 Å². The summed E-state index contributed by atoms with van der Waals surface area (Å²) in [5.74, 6) is -4.36. The highest BCUT2D eigenvalue weighted by Crippen LogP contribution is 2.47. The van der Waals surface area contributed by atoms with Gasteiger partial charge < -0.3 is 53.6 Å². The van der Waals surface area contributed by atoms with Crippen molar-refractivity contribution in [3.63, 3.8) is 0 Å². The second-order valence-electron chi connectivity index (χ2n) is 15.1. The van der Waals surface area contributed by atoms with Crippen LogP contribution in [0.25, 0.3) is 0 Å². The van der Waals surface area contributed by atoms with Crippen molar-refractivity contribution in [1.82, 2.24) is 0 Å². The molecule has 4 aliphatic heterocycles. The molecule has 3 fully saturated rings. The van der Waals surface area contributed by atoms with Crippen molar-refractivity contribution in [2.45, 2.75) is 172 Å². The van der Waals surface area contributed by atoms with Crippen LogP contribution in [0.3, 0.4) is 0 Å². The summed E-state index contributed by atoms with van der Waals surface area (Å²) in [6.07, 6.45) is 3.32. The highest BCUT2D eigenvalue weighted by molar-refractivity contribution is 5.83. The smallest absolute Gasteiger partial charge is 0.330 e. The lowest BCUT2D eigenvalue weighted by atomic mass is 9.74. The summed E-state index contributed by atoms with van der Waals surface area (Å²) in [5.41, 5.74) is -1.10. The van der Waals surface area contributed by atoms with Gasteiger partial charge in [-0.25, -0.2) is 4.79 Å². The van der Waals surface area contributed by atoms with Gasteiger partial charge in [-0.3, -0.25) is 9.59 Å². The molecule has 0 unspecified atom stereocenters. The van der Waals surface area contributed by atoms with Crippen LogP contribution >= 0.6 is 0 Å². The predicted molar refractivity (Wildman–Crippen MR) is 185 cm³/mol. The van der Waals surface area contributed by atoms with Crippen molar-refractivity contribution >= 4 is 17.9 Å². The third kappa shape index (κ3) is 11.8. The number of carbonyl (C=O) groups is 3. The SMILES string of the molecule is CCCCCCCC(=O)O[C@H]1/C(=C/C(=O)OC)C[C@H]2C[C@H](CO)OC(=O)C[C@H](O)C[C@H]3O[C@H](CC[C@@H]3O)C[C@@H]3CCO[C@H](/C=C/C(C)(C)[C@]1(O)O2)O3. The van der Waals surface area contributed by atoms with Gasteiger partial charge in [-0.1, -0.05) is 52.5 Å². The van der Waals surface area contributed by atoms with Crippen LogP contribution in [0.5, 0.6) is 0 Å². The van der Waals surface area contributed by atoms with Gasteiger partial charge in [-0.2, -0.15) is 0 Å². The van der Waals surface area contributed by atoms with E-state index in [1.54, 1.807) is 26.0 Å². The molecule has 0 aromatic heterocycles. The van der Waals surface area contributed by atoms with Crippen LogP contribution in [0.4, 0.5) is 0 Å². The summed E-state index contributed by atoms with van der Waals surface area (Å²) in [7, 11) is 1.21. The van der Waals surface area contributed by atoms with Crippen molar-refractivity contribution in [1.29, 1.82) is 0 Å². The second kappa shape index (κ2) is 19.8. The van der Waals surface area contributed by atoms with E-state index < -0.39 is 85.1 Å². The maximum Gasteiger partial charge on any atom is 0.330 e. The van der Waals surface area contributed by atoms with Crippen molar-refractivity contribution in [2.75, 3.05) is 20.3 Å². The molecule has 10 atom stereocenters. The van der Waals surface area contributed by atoms with Gasteiger partial charge in [-0.05, 0) is 50.2 Å². The van der Waals surface area contributed by atoms with Crippen molar-refractivity contribution in [2.24, 2.45) is 5.41 Å². The summed E-state index contributed by atoms with van der Waals surface area (Å²) in [4.78, 5) is 38.9. The fourth-order valence-electron chi connectivity index (χ4n) is 7.35. The fraction of sp³-hybridized carbons (Fsp3) is 0.816. The highest BCUT2D eigenvalue weighted by Gasteiger charge is 2.57. The van der Waals surface area contributed by atoms with Gasteiger partial charge in [0.1, 0.15) is 6.10 Å². The van der Waals surface area contributed by atoms with Crippen molar-refractivity contribution in [3.8, 4) is 0 Å². The molecular weight excluding hydrogens is 680 g/mol. The standard InChI is InChI=1S/C38H60O14/c1-5-6-7-8-9-10-32(42)51-36-24(18-33(43)46-4)17-28-22-29(23-39)49-34(44)20-25(40)19-31-30(41)12-11-26(48-31)21-27-14-16-47-35(50-27)13-15-37(2,3)38(36,45)52-28/h13,15,18,25-31,35-36,39-41,45H,5-12,14,16-17,19-23H2,1-4H3/b15-13+,24-18+/t25-,26-,27+,28+,29-,30+,31-,35+,36+,38-/m1/s1. The van der Waals surface area contributed by atoms with Gasteiger partial charge in [0.2, 0.25) is 5.79 Å². The first-order valence-corrected chi connectivity index (χ1v) is 18.9. The molecule has 0 spiro atoms. The van der Waals surface area contributed by atoms with Crippen LogP contribution in [-0.4, -0.2) is 120 Å². The molecule has 14 nitrogen and oxygen atoms in total. The monoisotopic (exact) mass is 740 g/mol. The van der Waals surface area contributed by atoms with Crippen LogP contribution < -0.4 is 0 Å². The Kier molecular flexibility index (Phi) is 16.1. The predicted octanol–water partition coefficient (Wildman–Crippen LogP) is 3.30. The molecule has 0 aromatic rings. The molecule has 0 saturated carbocycles. The third-order valence-electron chi connectivity index (χ3n) is 10.4. The zero-order chi connectivity index (χ0) is 37.9. The third-order valence-corrected chi connectivity index (χ3v) is 10.4. The van der Waals surface area contributed by atoms with E-state index in [4.69, 9.17) is 33.2 Å². The molecule has 0 radical (unpaired) electrons. The Bertz CT molecular complexity index is 1230. The van der Waals surface area contributed by atoms with Gasteiger partial charge in [0.25, 0.3) is 0 Å². The molecule has 4 N–H and O–H groups in total. The second-order valence-corrected chi connectivity index (χ2v) is 15.1. The topological polar surface area (TPSA) is 197 Å². The van der Waals surface area contributed by atoms with Gasteiger partial charge in [0.15, 0.2) is 12.4 Å². The van der Waals surface area contributed by atoms with Crippen LogP contribution in [0.15, 0.2) is 23.8 Å². The van der Waals surface area contributed by atoms with Crippen LogP contribution in [-0.2, 0) is 47.5 Å². The average molecular weight is 741 g/mol. The lowest BCUT2D eigenvalue weighted by molar-refractivity contribution is -0.327. The van der Waals surface area contributed by atoms with E-state index in [-0.39, 0.29) is 43.5 Å². The zero-order valence-electron chi connectivity index (χ0n) is 31.1. The summed E-state index contributed by atoms with van der Waals surface area (Å²) in [5, 5.41) is 44.3. The van der Waals surface area contributed by atoms with E-state index >= 15 is 0 Å². The largest absolute Gasteiger partial charge is 0.466 e. The van der Waals surface area contributed by atoms with Crippen molar-refractivity contribution < 1.29 is 68.0 Å². The number of hydrogen-bond donors (Lipinski definition) is 4. The number of carbonyl (C=O) groups excluding carboxylic acids is 3. The molecule has 4 rings (SSSR count). The van der Waals surface area contributed by atoms with E-state index in [9.17, 15) is 34.8 Å².